The maximum atomic E-state index is 12.7. The van der Waals surface area contributed by atoms with Crippen LogP contribution in [0.2, 0.25) is 0 Å². The Morgan fingerprint density at radius 1 is 1.35 bits per heavy atom. The second-order valence-corrected chi connectivity index (χ2v) is 6.62. The van der Waals surface area contributed by atoms with Gasteiger partial charge in [0, 0.05) is 25.6 Å². The number of aliphatic hydroxyl groups excluding tert-OH is 1. The molecule has 2 atom stereocenters. The van der Waals surface area contributed by atoms with Gasteiger partial charge in [0.25, 0.3) is 5.91 Å². The van der Waals surface area contributed by atoms with E-state index in [2.05, 4.69) is 25.0 Å². The molecule has 1 amide bonds. The fourth-order valence-corrected chi connectivity index (χ4v) is 3.68. The summed E-state index contributed by atoms with van der Waals surface area (Å²) in [5.74, 6) is -0.0735. The van der Waals surface area contributed by atoms with E-state index in [0.29, 0.717) is 13.1 Å². The number of rotatable bonds is 6. The third-order valence-electron chi connectivity index (χ3n) is 5.01. The predicted octanol–water partition coefficient (Wildman–Crippen LogP) is 2.37. The van der Waals surface area contributed by atoms with Gasteiger partial charge in [0.2, 0.25) is 0 Å². The van der Waals surface area contributed by atoms with Crippen LogP contribution in [0, 0.1) is 5.92 Å². The van der Waals surface area contributed by atoms with Gasteiger partial charge in [0.05, 0.1) is 0 Å². The normalized spacial score (nSPS) is 24.4. The Morgan fingerprint density at radius 3 is 2.74 bits per heavy atom. The van der Waals surface area contributed by atoms with Crippen LogP contribution in [0.5, 0.6) is 0 Å². The summed E-state index contributed by atoms with van der Waals surface area (Å²) in [5.41, 5.74) is 2.20. The van der Waals surface area contributed by atoms with Gasteiger partial charge < -0.3 is 14.9 Å². The van der Waals surface area contributed by atoms with E-state index in [-0.39, 0.29) is 11.8 Å². The van der Waals surface area contributed by atoms with Gasteiger partial charge in [0.1, 0.15) is 6.10 Å². The molecule has 2 rings (SSSR count). The Balaban J connectivity index is 1.98. The minimum atomic E-state index is -0.883. The summed E-state index contributed by atoms with van der Waals surface area (Å²) in [6, 6.07) is 0. The van der Waals surface area contributed by atoms with Crippen LogP contribution in [0.25, 0.3) is 0 Å². The van der Waals surface area contributed by atoms with E-state index in [1.165, 1.54) is 0 Å². The van der Waals surface area contributed by atoms with Gasteiger partial charge in [-0.25, -0.2) is 0 Å². The Hall–Kier alpha value is -1.39. The van der Waals surface area contributed by atoms with Crippen molar-refractivity contribution in [1.82, 2.24) is 9.80 Å². The summed E-state index contributed by atoms with van der Waals surface area (Å²) >= 11 is 0. The van der Waals surface area contributed by atoms with Crippen LogP contribution in [0.1, 0.15) is 32.6 Å². The Labute approximate surface area is 140 Å². The number of likely N-dealkylation sites (tertiary alicyclic amines) is 1. The average Bonchev–Trinajstić information content (AvgIpc) is 2.60. The fraction of sp³-hybridized carbons (Fsp3) is 0.632. The second kappa shape index (κ2) is 8.46. The quantitative estimate of drug-likeness (QED) is 0.818. The van der Waals surface area contributed by atoms with Crippen LogP contribution in [-0.2, 0) is 4.79 Å². The molecule has 2 aliphatic heterocycles. The minimum absolute atomic E-state index is 0.0553. The van der Waals surface area contributed by atoms with Gasteiger partial charge in [-0.1, -0.05) is 32.2 Å². The van der Waals surface area contributed by atoms with Crippen LogP contribution in [0.4, 0.5) is 0 Å². The van der Waals surface area contributed by atoms with Gasteiger partial charge in [-0.3, -0.25) is 4.79 Å². The first-order valence-corrected chi connectivity index (χ1v) is 8.76. The van der Waals surface area contributed by atoms with Crippen molar-refractivity contribution in [3.63, 3.8) is 0 Å². The zero-order valence-corrected chi connectivity index (χ0v) is 14.3. The lowest BCUT2D eigenvalue weighted by Crippen LogP contribution is -2.49. The molecule has 2 heterocycles. The van der Waals surface area contributed by atoms with Gasteiger partial charge in [0.15, 0.2) is 0 Å². The second-order valence-electron chi connectivity index (χ2n) is 6.62. The van der Waals surface area contributed by atoms with Gasteiger partial charge >= 0.3 is 0 Å². The monoisotopic (exact) mass is 318 g/mol. The molecule has 0 radical (unpaired) electrons. The van der Waals surface area contributed by atoms with Gasteiger partial charge in [-0.05, 0) is 49.9 Å². The molecule has 1 saturated heterocycles. The first-order chi connectivity index (χ1) is 11.1. The third-order valence-corrected chi connectivity index (χ3v) is 5.01. The van der Waals surface area contributed by atoms with E-state index >= 15 is 0 Å². The number of piperidine rings is 1. The van der Waals surface area contributed by atoms with Crippen LogP contribution in [0.3, 0.4) is 0 Å². The van der Waals surface area contributed by atoms with Crippen LogP contribution in [0.15, 0.2) is 36.5 Å². The number of carbonyl (C=O) groups excluding carboxylic acids is 1. The molecule has 0 aromatic carbocycles. The molecule has 2 unspecified atom stereocenters. The number of hydrogen-bond acceptors (Lipinski definition) is 3. The number of amides is 1. The molecule has 1 N–H and O–H groups in total. The average molecular weight is 318 g/mol. The van der Waals surface area contributed by atoms with Crippen molar-refractivity contribution >= 4 is 5.91 Å². The highest BCUT2D eigenvalue weighted by Gasteiger charge is 2.33. The van der Waals surface area contributed by atoms with Gasteiger partial charge in [-0.15, -0.1) is 0 Å². The summed E-state index contributed by atoms with van der Waals surface area (Å²) in [7, 11) is 0. The molecule has 1 fully saturated rings. The standard InChI is InChI=1S/C19H30N2O2/c1-4-10-20-11-7-8-17(13-20)18(22)19(23)21-12-9-15(5-2)16(6-3)14-21/h5-6,17-18,22H,2-4,7-14H2,1H3. The Morgan fingerprint density at radius 2 is 2.09 bits per heavy atom. The molecule has 0 spiro atoms. The SMILES string of the molecule is C=CC1=C(C=C)CN(C(=O)C(O)C2CCCN(CCC)C2)CC1. The van der Waals surface area contributed by atoms with Crippen molar-refractivity contribution in [2.24, 2.45) is 5.92 Å². The van der Waals surface area contributed by atoms with Crippen molar-refractivity contribution < 1.29 is 9.90 Å². The maximum Gasteiger partial charge on any atom is 0.252 e. The molecule has 4 heteroatoms. The van der Waals surface area contributed by atoms with E-state index in [0.717, 1.165) is 56.5 Å². The van der Waals surface area contributed by atoms with E-state index in [9.17, 15) is 9.90 Å². The highest BCUT2D eigenvalue weighted by molar-refractivity contribution is 5.81. The molecular weight excluding hydrogens is 288 g/mol. The van der Waals surface area contributed by atoms with E-state index in [1.54, 1.807) is 11.0 Å². The first-order valence-electron chi connectivity index (χ1n) is 8.76. The lowest BCUT2D eigenvalue weighted by molar-refractivity contribution is -0.144. The van der Waals surface area contributed by atoms with E-state index < -0.39 is 6.10 Å². The van der Waals surface area contributed by atoms with Crippen LogP contribution < -0.4 is 0 Å². The molecule has 128 valence electrons. The summed E-state index contributed by atoms with van der Waals surface area (Å²) in [5, 5.41) is 10.6. The number of carbonyl (C=O) groups is 1. The maximum absolute atomic E-state index is 12.7. The summed E-state index contributed by atoms with van der Waals surface area (Å²) < 4.78 is 0. The summed E-state index contributed by atoms with van der Waals surface area (Å²) in [6.07, 6.45) is 6.66. The van der Waals surface area contributed by atoms with Crippen LogP contribution in [-0.4, -0.2) is 59.6 Å². The largest absolute Gasteiger partial charge is 0.383 e. The Kier molecular flexibility index (Phi) is 6.60. The number of nitrogens with zero attached hydrogens (tertiary/aromatic N) is 2. The summed E-state index contributed by atoms with van der Waals surface area (Å²) in [4.78, 5) is 16.8. The molecule has 4 nitrogen and oxygen atoms in total. The van der Waals surface area contributed by atoms with Crippen molar-refractivity contribution in [3.8, 4) is 0 Å². The third kappa shape index (κ3) is 4.33. The lowest BCUT2D eigenvalue weighted by Gasteiger charge is -2.37. The number of aliphatic hydroxyl groups is 1. The molecule has 0 saturated carbocycles. The molecule has 0 aliphatic carbocycles. The number of allylic oxidation sites excluding steroid dienone is 1. The predicted molar refractivity (Wildman–Crippen MR) is 94.1 cm³/mol. The molecular formula is C19H30N2O2. The molecule has 0 aromatic heterocycles. The Bertz CT molecular complexity index is 482. The fourth-order valence-electron chi connectivity index (χ4n) is 3.68. The van der Waals surface area contributed by atoms with Crippen LogP contribution >= 0.6 is 0 Å². The number of hydrogen-bond donors (Lipinski definition) is 1. The van der Waals surface area contributed by atoms with Crippen molar-refractivity contribution in [2.75, 3.05) is 32.7 Å². The van der Waals surface area contributed by atoms with E-state index in [4.69, 9.17) is 0 Å². The first kappa shape index (κ1) is 18.0. The molecule has 2 aliphatic rings. The van der Waals surface area contributed by atoms with E-state index in [1.807, 2.05) is 6.08 Å². The zero-order valence-electron chi connectivity index (χ0n) is 14.3. The zero-order chi connectivity index (χ0) is 16.8. The summed E-state index contributed by atoms with van der Waals surface area (Å²) in [6.45, 7) is 14.0. The van der Waals surface area contributed by atoms with Gasteiger partial charge in [-0.2, -0.15) is 0 Å². The van der Waals surface area contributed by atoms with Crippen molar-refractivity contribution in [3.05, 3.63) is 36.5 Å². The smallest absolute Gasteiger partial charge is 0.252 e. The minimum Gasteiger partial charge on any atom is -0.383 e. The highest BCUT2D eigenvalue weighted by atomic mass is 16.3. The molecule has 23 heavy (non-hydrogen) atoms. The molecule has 0 bridgehead atoms. The van der Waals surface area contributed by atoms with Crippen molar-refractivity contribution in [1.29, 1.82) is 0 Å². The highest BCUT2D eigenvalue weighted by Crippen LogP contribution is 2.24. The van der Waals surface area contributed by atoms with Crippen molar-refractivity contribution in [2.45, 2.75) is 38.7 Å². The topological polar surface area (TPSA) is 43.8 Å². The lowest BCUT2D eigenvalue weighted by atomic mass is 9.90. The molecule has 0 aromatic rings.